The fourth-order valence-corrected chi connectivity index (χ4v) is 2.86. The Morgan fingerprint density at radius 2 is 1.06 bits per heavy atom. The van der Waals surface area contributed by atoms with Gasteiger partial charge in [0.1, 0.15) is 0 Å². The molecule has 0 fully saturated rings. The molecule has 9 heteroatoms. The molecular formula is C26H26O9. The van der Waals surface area contributed by atoms with Gasteiger partial charge >= 0.3 is 17.9 Å². The zero-order chi connectivity index (χ0) is 25.7. The highest BCUT2D eigenvalue weighted by molar-refractivity contribution is 5.90. The predicted molar refractivity (Wildman–Crippen MR) is 125 cm³/mol. The monoisotopic (exact) mass is 482 g/mol. The summed E-state index contributed by atoms with van der Waals surface area (Å²) in [7, 11) is 0. The van der Waals surface area contributed by atoms with Crippen LogP contribution in [0.3, 0.4) is 0 Å². The van der Waals surface area contributed by atoms with Gasteiger partial charge in [0.25, 0.3) is 0 Å². The summed E-state index contributed by atoms with van der Waals surface area (Å²) in [6.07, 6.45) is -1.46. The molecule has 3 rings (SSSR count). The Morgan fingerprint density at radius 3 is 1.40 bits per heavy atom. The number of esters is 2. The average Bonchev–Trinajstić information content (AvgIpc) is 2.92. The third-order valence-corrected chi connectivity index (χ3v) is 4.87. The third kappa shape index (κ3) is 7.75. The molecule has 0 aliphatic heterocycles. The minimum absolute atomic E-state index is 0.185. The zero-order valence-electron chi connectivity index (χ0n) is 18.7. The molecule has 1 atom stereocenters. The van der Waals surface area contributed by atoms with E-state index >= 15 is 0 Å². The second kappa shape index (κ2) is 13.6. The van der Waals surface area contributed by atoms with E-state index in [2.05, 4.69) is 0 Å². The molecule has 0 saturated carbocycles. The van der Waals surface area contributed by atoms with Crippen molar-refractivity contribution in [1.82, 2.24) is 0 Å². The number of aliphatic hydroxyl groups excluding tert-OH is 3. The topological polar surface area (TPSA) is 151 Å². The van der Waals surface area contributed by atoms with Gasteiger partial charge in [-0.3, -0.25) is 0 Å². The lowest BCUT2D eigenvalue weighted by atomic mass is 9.98. The summed E-state index contributed by atoms with van der Waals surface area (Å²) < 4.78 is 10.4. The molecule has 0 radical (unpaired) electrons. The standard InChI is InChI=1S/C19H20O7.C7H6O2/c20-11-16(25-17(23)14-7-3-1-4-8-14)19(12-21,13-22)26-18(24)15-9-5-2-6-10-15;8-7(9)6-4-2-1-3-5-6/h1-10,16,20-22H,11-13H2;1-5H,(H,8,9). The van der Waals surface area contributed by atoms with Crippen molar-refractivity contribution in [3.05, 3.63) is 108 Å². The lowest BCUT2D eigenvalue weighted by Gasteiger charge is -2.35. The highest BCUT2D eigenvalue weighted by Gasteiger charge is 2.45. The Bertz CT molecular complexity index is 1070. The van der Waals surface area contributed by atoms with E-state index in [1.165, 1.54) is 24.3 Å². The van der Waals surface area contributed by atoms with Crippen LogP contribution in [0, 0.1) is 0 Å². The minimum Gasteiger partial charge on any atom is -0.478 e. The van der Waals surface area contributed by atoms with Crippen LogP contribution in [0.2, 0.25) is 0 Å². The van der Waals surface area contributed by atoms with Crippen LogP contribution in [0.25, 0.3) is 0 Å². The van der Waals surface area contributed by atoms with Crippen molar-refractivity contribution in [3.8, 4) is 0 Å². The first-order chi connectivity index (χ1) is 16.9. The van der Waals surface area contributed by atoms with Crippen molar-refractivity contribution in [2.75, 3.05) is 19.8 Å². The highest BCUT2D eigenvalue weighted by atomic mass is 16.6. The van der Waals surface area contributed by atoms with Crippen LogP contribution in [0.15, 0.2) is 91.0 Å². The van der Waals surface area contributed by atoms with Crippen molar-refractivity contribution < 1.29 is 44.3 Å². The second-order valence-electron chi connectivity index (χ2n) is 7.25. The summed E-state index contributed by atoms with van der Waals surface area (Å²) in [5.41, 5.74) is -1.26. The highest BCUT2D eigenvalue weighted by Crippen LogP contribution is 2.22. The predicted octanol–water partition coefficient (Wildman–Crippen LogP) is 2.17. The summed E-state index contributed by atoms with van der Waals surface area (Å²) in [4.78, 5) is 34.7. The summed E-state index contributed by atoms with van der Waals surface area (Å²) >= 11 is 0. The lowest BCUT2D eigenvalue weighted by molar-refractivity contribution is -0.151. The van der Waals surface area contributed by atoms with E-state index in [0.717, 1.165) is 0 Å². The van der Waals surface area contributed by atoms with E-state index in [0.29, 0.717) is 5.56 Å². The van der Waals surface area contributed by atoms with Crippen molar-refractivity contribution in [2.45, 2.75) is 11.7 Å². The maximum atomic E-state index is 12.3. The number of hydrogen-bond donors (Lipinski definition) is 4. The van der Waals surface area contributed by atoms with Gasteiger partial charge < -0.3 is 29.9 Å². The maximum absolute atomic E-state index is 12.3. The first kappa shape index (κ1) is 27.2. The number of carbonyl (C=O) groups excluding carboxylic acids is 2. The number of hydrogen-bond acceptors (Lipinski definition) is 8. The van der Waals surface area contributed by atoms with E-state index in [4.69, 9.17) is 14.6 Å². The summed E-state index contributed by atoms with van der Waals surface area (Å²) in [5, 5.41) is 37.4. The molecule has 0 aliphatic rings. The number of aliphatic hydroxyl groups is 3. The molecular weight excluding hydrogens is 456 g/mol. The molecule has 0 bridgehead atoms. The molecule has 0 aromatic heterocycles. The van der Waals surface area contributed by atoms with E-state index in [-0.39, 0.29) is 11.1 Å². The van der Waals surface area contributed by atoms with E-state index < -0.39 is 49.4 Å². The number of rotatable bonds is 9. The van der Waals surface area contributed by atoms with Gasteiger partial charge in [0.05, 0.1) is 36.5 Å². The Morgan fingerprint density at radius 1 is 0.657 bits per heavy atom. The second-order valence-corrected chi connectivity index (χ2v) is 7.25. The number of benzene rings is 3. The number of carboxylic acids is 1. The maximum Gasteiger partial charge on any atom is 0.338 e. The van der Waals surface area contributed by atoms with Crippen molar-refractivity contribution in [3.63, 3.8) is 0 Å². The van der Waals surface area contributed by atoms with Crippen molar-refractivity contribution >= 4 is 17.9 Å². The Hall–Kier alpha value is -4.05. The number of aromatic carboxylic acids is 1. The molecule has 4 N–H and O–H groups in total. The first-order valence-corrected chi connectivity index (χ1v) is 10.5. The van der Waals surface area contributed by atoms with Crippen LogP contribution in [0.5, 0.6) is 0 Å². The van der Waals surface area contributed by atoms with Gasteiger partial charge in [-0.05, 0) is 36.4 Å². The molecule has 0 spiro atoms. The Kier molecular flexibility index (Phi) is 10.6. The normalized spacial score (nSPS) is 11.4. The SMILES string of the molecule is O=C(O)c1ccccc1.O=C(OC(CO)C(CO)(CO)OC(=O)c1ccccc1)c1ccccc1. The minimum atomic E-state index is -1.99. The molecule has 0 saturated heterocycles. The van der Waals surface area contributed by atoms with Gasteiger partial charge in [0, 0.05) is 0 Å². The molecule has 35 heavy (non-hydrogen) atoms. The Labute approximate surface area is 201 Å². The van der Waals surface area contributed by atoms with Gasteiger partial charge in [-0.25, -0.2) is 14.4 Å². The smallest absolute Gasteiger partial charge is 0.338 e. The average molecular weight is 482 g/mol. The number of carboxylic acid groups (broad SMARTS) is 1. The van der Waals surface area contributed by atoms with Gasteiger partial charge in [-0.2, -0.15) is 0 Å². The van der Waals surface area contributed by atoms with Crippen LogP contribution in [0.1, 0.15) is 31.1 Å². The van der Waals surface area contributed by atoms with Gasteiger partial charge in [0.15, 0.2) is 11.7 Å². The van der Waals surface area contributed by atoms with Gasteiger partial charge in [-0.1, -0.05) is 54.6 Å². The van der Waals surface area contributed by atoms with Crippen LogP contribution in [0.4, 0.5) is 0 Å². The van der Waals surface area contributed by atoms with Gasteiger partial charge in [-0.15, -0.1) is 0 Å². The van der Waals surface area contributed by atoms with Crippen molar-refractivity contribution in [1.29, 1.82) is 0 Å². The van der Waals surface area contributed by atoms with E-state index in [1.807, 2.05) is 0 Å². The molecule has 0 heterocycles. The van der Waals surface area contributed by atoms with Crippen molar-refractivity contribution in [2.24, 2.45) is 0 Å². The molecule has 1 unspecified atom stereocenters. The quantitative estimate of drug-likeness (QED) is 0.336. The Balaban J connectivity index is 0.000000402. The van der Waals surface area contributed by atoms with Crippen LogP contribution in [-0.4, -0.2) is 69.9 Å². The zero-order valence-corrected chi connectivity index (χ0v) is 18.7. The fourth-order valence-electron chi connectivity index (χ4n) is 2.86. The molecule has 0 amide bonds. The largest absolute Gasteiger partial charge is 0.478 e. The molecule has 184 valence electrons. The van der Waals surface area contributed by atoms with E-state index in [9.17, 15) is 29.7 Å². The summed E-state index contributed by atoms with van der Waals surface area (Å²) in [6.45, 7) is -2.47. The molecule has 0 aliphatic carbocycles. The molecule has 9 nitrogen and oxygen atoms in total. The fraction of sp³-hybridized carbons (Fsp3) is 0.192. The van der Waals surface area contributed by atoms with Crippen LogP contribution in [-0.2, 0) is 9.47 Å². The van der Waals surface area contributed by atoms with Crippen LogP contribution < -0.4 is 0 Å². The molecule has 3 aromatic carbocycles. The van der Waals surface area contributed by atoms with Gasteiger partial charge in [0.2, 0.25) is 0 Å². The first-order valence-electron chi connectivity index (χ1n) is 10.5. The summed E-state index contributed by atoms with van der Waals surface area (Å²) in [6, 6.07) is 24.2. The number of carbonyl (C=O) groups is 3. The molecule has 3 aromatic rings. The van der Waals surface area contributed by atoms with Crippen LogP contribution >= 0.6 is 0 Å². The van der Waals surface area contributed by atoms with E-state index in [1.54, 1.807) is 66.7 Å². The lowest BCUT2D eigenvalue weighted by Crippen LogP contribution is -2.56. The number of ether oxygens (including phenoxy) is 2. The summed E-state index contributed by atoms with van der Waals surface area (Å²) in [5.74, 6) is -2.50. The third-order valence-electron chi connectivity index (χ3n) is 4.87.